The first-order valence-corrected chi connectivity index (χ1v) is 7.33. The van der Waals surface area contributed by atoms with Gasteiger partial charge in [0.1, 0.15) is 11.6 Å². The Morgan fingerprint density at radius 1 is 1.04 bits per heavy atom. The van der Waals surface area contributed by atoms with E-state index in [0.717, 1.165) is 17.0 Å². The van der Waals surface area contributed by atoms with Gasteiger partial charge in [-0.2, -0.15) is 0 Å². The first kappa shape index (κ1) is 15.2. The summed E-state index contributed by atoms with van der Waals surface area (Å²) in [6.45, 7) is 5.53. The second-order valence-corrected chi connectivity index (χ2v) is 5.99. The van der Waals surface area contributed by atoms with E-state index in [4.69, 9.17) is 0 Å². The van der Waals surface area contributed by atoms with Gasteiger partial charge in [0.15, 0.2) is 0 Å². The molecule has 5 heteroatoms. The highest BCUT2D eigenvalue weighted by atomic mass is 19.1. The van der Waals surface area contributed by atoms with Crippen molar-refractivity contribution in [3.63, 3.8) is 0 Å². The Labute approximate surface area is 133 Å². The molecule has 0 aliphatic carbocycles. The van der Waals surface area contributed by atoms with Crippen molar-refractivity contribution in [2.45, 2.75) is 26.7 Å². The lowest BCUT2D eigenvalue weighted by Gasteiger charge is -2.20. The summed E-state index contributed by atoms with van der Waals surface area (Å²) in [4.78, 5) is 26.2. The highest BCUT2D eigenvalue weighted by Gasteiger charge is 2.38. The molecule has 4 nitrogen and oxygen atoms in total. The van der Waals surface area contributed by atoms with Crippen molar-refractivity contribution in [3.05, 3.63) is 58.4 Å². The number of aromatic hydroxyl groups is 1. The van der Waals surface area contributed by atoms with E-state index in [-0.39, 0.29) is 22.8 Å². The van der Waals surface area contributed by atoms with Crippen molar-refractivity contribution in [3.8, 4) is 5.75 Å². The van der Waals surface area contributed by atoms with Crippen molar-refractivity contribution >= 4 is 17.5 Å². The van der Waals surface area contributed by atoms with Gasteiger partial charge in [-0.15, -0.1) is 0 Å². The van der Waals surface area contributed by atoms with Crippen molar-refractivity contribution in [1.82, 2.24) is 0 Å². The van der Waals surface area contributed by atoms with Gasteiger partial charge in [0.2, 0.25) is 0 Å². The largest absolute Gasteiger partial charge is 0.508 e. The second kappa shape index (κ2) is 5.19. The number of amides is 2. The third-order valence-corrected chi connectivity index (χ3v) is 4.06. The summed E-state index contributed by atoms with van der Waals surface area (Å²) in [5.74, 6) is -1.43. The van der Waals surface area contributed by atoms with Gasteiger partial charge >= 0.3 is 0 Å². The van der Waals surface area contributed by atoms with Gasteiger partial charge in [0.25, 0.3) is 11.8 Å². The maximum atomic E-state index is 13.4. The summed E-state index contributed by atoms with van der Waals surface area (Å²) in [7, 11) is 0. The topological polar surface area (TPSA) is 57.6 Å². The number of aryl methyl sites for hydroxylation is 1. The van der Waals surface area contributed by atoms with Crippen LogP contribution in [0.1, 0.15) is 51.6 Å². The number of imide groups is 1. The number of phenolic OH excluding ortho intramolecular Hbond substituents is 1. The number of carbonyl (C=O) groups excluding carboxylic acids is 2. The van der Waals surface area contributed by atoms with Gasteiger partial charge in [-0.1, -0.05) is 13.8 Å². The van der Waals surface area contributed by atoms with E-state index in [0.29, 0.717) is 16.8 Å². The summed E-state index contributed by atoms with van der Waals surface area (Å²) in [5.41, 5.74) is 1.91. The lowest BCUT2D eigenvalue weighted by Crippen LogP contribution is -2.30. The minimum atomic E-state index is -0.558. The third-order valence-electron chi connectivity index (χ3n) is 4.06. The van der Waals surface area contributed by atoms with E-state index in [9.17, 15) is 19.1 Å². The van der Waals surface area contributed by atoms with E-state index < -0.39 is 17.6 Å². The molecule has 0 aromatic heterocycles. The molecule has 0 atom stereocenters. The monoisotopic (exact) mass is 313 g/mol. The van der Waals surface area contributed by atoms with Crippen LogP contribution in [-0.4, -0.2) is 16.9 Å². The Morgan fingerprint density at radius 3 is 2.35 bits per heavy atom. The fourth-order valence-electron chi connectivity index (χ4n) is 2.83. The van der Waals surface area contributed by atoms with Crippen molar-refractivity contribution in [1.29, 1.82) is 0 Å². The summed E-state index contributed by atoms with van der Waals surface area (Å²) in [6, 6.07) is 6.75. The molecule has 0 radical (unpaired) electrons. The second-order valence-electron chi connectivity index (χ2n) is 5.99. The van der Waals surface area contributed by atoms with Gasteiger partial charge in [0, 0.05) is 0 Å². The molecule has 2 aromatic carbocycles. The van der Waals surface area contributed by atoms with Crippen LogP contribution in [-0.2, 0) is 0 Å². The van der Waals surface area contributed by atoms with Gasteiger partial charge in [-0.3, -0.25) is 9.59 Å². The average molecular weight is 313 g/mol. The first-order chi connectivity index (χ1) is 10.8. The van der Waals surface area contributed by atoms with Crippen LogP contribution in [0.3, 0.4) is 0 Å². The quantitative estimate of drug-likeness (QED) is 0.859. The zero-order valence-corrected chi connectivity index (χ0v) is 13.1. The Kier molecular flexibility index (Phi) is 3.43. The van der Waals surface area contributed by atoms with Crippen molar-refractivity contribution < 1.29 is 19.1 Å². The highest BCUT2D eigenvalue weighted by Crippen LogP contribution is 2.36. The molecule has 3 rings (SSSR count). The molecule has 23 heavy (non-hydrogen) atoms. The number of hydrogen-bond acceptors (Lipinski definition) is 3. The summed E-state index contributed by atoms with van der Waals surface area (Å²) < 4.78 is 13.4. The van der Waals surface area contributed by atoms with Gasteiger partial charge in [-0.05, 0) is 54.3 Å². The number of fused-ring (bicyclic) bond motifs is 1. The molecule has 0 saturated carbocycles. The Morgan fingerprint density at radius 2 is 1.70 bits per heavy atom. The van der Waals surface area contributed by atoms with Crippen LogP contribution in [0.5, 0.6) is 5.75 Å². The van der Waals surface area contributed by atoms with Crippen LogP contribution in [0.4, 0.5) is 10.1 Å². The number of anilines is 1. The Balaban J connectivity index is 2.16. The Hall–Kier alpha value is -2.69. The van der Waals surface area contributed by atoms with Crippen molar-refractivity contribution in [2.75, 3.05) is 4.90 Å². The van der Waals surface area contributed by atoms with Crippen LogP contribution >= 0.6 is 0 Å². The number of carbonyl (C=O) groups is 2. The van der Waals surface area contributed by atoms with E-state index in [1.165, 1.54) is 12.1 Å². The van der Waals surface area contributed by atoms with Gasteiger partial charge in [0.05, 0.1) is 16.8 Å². The highest BCUT2D eigenvalue weighted by molar-refractivity contribution is 6.34. The number of phenols is 1. The van der Waals surface area contributed by atoms with E-state index >= 15 is 0 Å². The zero-order valence-electron chi connectivity index (χ0n) is 13.1. The molecule has 0 unspecified atom stereocenters. The number of hydrogen-bond donors (Lipinski definition) is 1. The van der Waals surface area contributed by atoms with Crippen LogP contribution in [0.25, 0.3) is 0 Å². The molecular formula is C18H16FNO3. The Bertz CT molecular complexity index is 842. The summed E-state index contributed by atoms with van der Waals surface area (Å²) in [5, 5.41) is 10.0. The molecule has 0 fully saturated rings. The molecule has 0 saturated heterocycles. The number of nitrogens with zero attached hydrogens (tertiary/aromatic N) is 1. The molecule has 2 amide bonds. The van der Waals surface area contributed by atoms with Gasteiger partial charge in [-0.25, -0.2) is 9.29 Å². The first-order valence-electron chi connectivity index (χ1n) is 7.33. The predicted octanol–water partition coefficient (Wildman–Crippen LogP) is 3.76. The molecule has 1 N–H and O–H groups in total. The maximum Gasteiger partial charge on any atom is 0.266 e. The normalized spacial score (nSPS) is 13.9. The molecule has 1 heterocycles. The van der Waals surface area contributed by atoms with Crippen LogP contribution in [0.15, 0.2) is 30.3 Å². The standard InChI is InChI=1S/C18H16FNO3/c1-9(2)13-8-15(10(3)6-16(13)21)20-17(22)12-5-4-11(19)7-14(12)18(20)23/h4-9,21H,1-3H3. The minimum absolute atomic E-state index is 0.0296. The molecule has 1 aliphatic heterocycles. The molecule has 0 bridgehead atoms. The van der Waals surface area contributed by atoms with Crippen LogP contribution in [0.2, 0.25) is 0 Å². The van der Waals surface area contributed by atoms with E-state index in [1.54, 1.807) is 13.0 Å². The number of benzene rings is 2. The average Bonchev–Trinajstić information content (AvgIpc) is 2.71. The van der Waals surface area contributed by atoms with E-state index in [2.05, 4.69) is 0 Å². The molecule has 0 spiro atoms. The van der Waals surface area contributed by atoms with Crippen molar-refractivity contribution in [2.24, 2.45) is 0 Å². The van der Waals surface area contributed by atoms with E-state index in [1.807, 2.05) is 13.8 Å². The minimum Gasteiger partial charge on any atom is -0.508 e. The smallest absolute Gasteiger partial charge is 0.266 e. The maximum absolute atomic E-state index is 13.4. The fraction of sp³-hybridized carbons (Fsp3) is 0.222. The fourth-order valence-corrected chi connectivity index (χ4v) is 2.83. The van der Waals surface area contributed by atoms with Crippen LogP contribution in [0, 0.1) is 12.7 Å². The molecule has 2 aromatic rings. The predicted molar refractivity (Wildman–Crippen MR) is 84.5 cm³/mol. The molecular weight excluding hydrogens is 297 g/mol. The lowest BCUT2D eigenvalue weighted by atomic mass is 9.98. The summed E-state index contributed by atoms with van der Waals surface area (Å²) in [6.07, 6.45) is 0. The zero-order chi connectivity index (χ0) is 16.9. The summed E-state index contributed by atoms with van der Waals surface area (Å²) >= 11 is 0. The number of rotatable bonds is 2. The SMILES string of the molecule is Cc1cc(O)c(C(C)C)cc1N1C(=O)c2ccc(F)cc2C1=O. The molecule has 1 aliphatic rings. The lowest BCUT2D eigenvalue weighted by molar-refractivity contribution is 0.0925. The molecule has 118 valence electrons. The van der Waals surface area contributed by atoms with Crippen LogP contribution < -0.4 is 4.90 Å². The number of halogens is 1. The third kappa shape index (κ3) is 2.29. The van der Waals surface area contributed by atoms with Gasteiger partial charge < -0.3 is 5.11 Å².